The van der Waals surface area contributed by atoms with Gasteiger partial charge in [-0.05, 0) is 0 Å². The second-order valence-electron chi connectivity index (χ2n) is 1.60. The Morgan fingerprint density at radius 1 is 0.800 bits per heavy atom. The summed E-state index contributed by atoms with van der Waals surface area (Å²) in [7, 11) is 3.30. The zero-order valence-electron chi connectivity index (χ0n) is 6.63. The van der Waals surface area contributed by atoms with Crippen LogP contribution >= 0.6 is 0 Å². The molecule has 0 rings (SSSR count). The summed E-state index contributed by atoms with van der Waals surface area (Å²) >= 11 is 0. The summed E-state index contributed by atoms with van der Waals surface area (Å²) in [4.78, 5) is 0. The Kier molecular flexibility index (Phi) is 17.8. The topological polar surface area (TPSA) is 27.7 Å². The van der Waals surface area contributed by atoms with E-state index in [4.69, 9.17) is 14.2 Å². The Morgan fingerprint density at radius 2 is 1.20 bits per heavy atom. The first kappa shape index (κ1) is 13.8. The van der Waals surface area contributed by atoms with Crippen molar-refractivity contribution in [2.75, 3.05) is 40.6 Å². The Balaban J connectivity index is 0. The van der Waals surface area contributed by atoms with E-state index in [2.05, 4.69) is 0 Å². The minimum Gasteiger partial charge on any atom is -0.382 e. The molecule has 0 spiro atoms. The average molecular weight is 275 g/mol. The molecule has 4 heteroatoms. The van der Waals surface area contributed by atoms with Gasteiger partial charge in [-0.1, -0.05) is 0 Å². The second-order valence-corrected chi connectivity index (χ2v) is 1.60. The van der Waals surface area contributed by atoms with Gasteiger partial charge in [0.25, 0.3) is 0 Å². The molecular formula is C6H14O3Pr. The summed E-state index contributed by atoms with van der Waals surface area (Å²) in [5.74, 6) is 0. The maximum Gasteiger partial charge on any atom is 0.0701 e. The Hall–Kier alpha value is 1.24. The van der Waals surface area contributed by atoms with Crippen molar-refractivity contribution >= 4 is 0 Å². The monoisotopic (exact) mass is 275 g/mol. The maximum atomic E-state index is 5.06. The molecule has 10 heavy (non-hydrogen) atoms. The molecule has 0 N–H and O–H groups in total. The molecule has 0 saturated heterocycles. The van der Waals surface area contributed by atoms with Gasteiger partial charge in [0.2, 0.25) is 0 Å². The van der Waals surface area contributed by atoms with E-state index in [1.165, 1.54) is 0 Å². The Bertz CT molecular complexity index is 46.3. The first-order valence-electron chi connectivity index (χ1n) is 2.97. The van der Waals surface area contributed by atoms with E-state index in [0.717, 1.165) is 0 Å². The van der Waals surface area contributed by atoms with Gasteiger partial charge >= 0.3 is 0 Å². The van der Waals surface area contributed by atoms with E-state index in [0.29, 0.717) is 26.4 Å². The van der Waals surface area contributed by atoms with Gasteiger partial charge in [-0.2, -0.15) is 0 Å². The van der Waals surface area contributed by atoms with E-state index < -0.39 is 0 Å². The fraction of sp³-hybridized carbons (Fsp3) is 1.00. The van der Waals surface area contributed by atoms with E-state index in [-0.39, 0.29) is 41.3 Å². The van der Waals surface area contributed by atoms with Gasteiger partial charge in [-0.25, -0.2) is 0 Å². The van der Waals surface area contributed by atoms with Crippen LogP contribution in [-0.4, -0.2) is 40.6 Å². The molecule has 0 bridgehead atoms. The fourth-order valence-corrected chi connectivity index (χ4v) is 0.387. The molecule has 0 aromatic heterocycles. The quantitative estimate of drug-likeness (QED) is 0.652. The van der Waals surface area contributed by atoms with Crippen molar-refractivity contribution in [2.24, 2.45) is 0 Å². The van der Waals surface area contributed by atoms with E-state index in [1.54, 1.807) is 14.2 Å². The maximum absolute atomic E-state index is 5.06. The molecule has 3 nitrogen and oxygen atoms in total. The van der Waals surface area contributed by atoms with Gasteiger partial charge < -0.3 is 14.2 Å². The molecule has 59 valence electrons. The van der Waals surface area contributed by atoms with Crippen molar-refractivity contribution in [3.8, 4) is 0 Å². The number of methoxy groups -OCH3 is 2. The second kappa shape index (κ2) is 12.9. The van der Waals surface area contributed by atoms with Crippen LogP contribution in [0.25, 0.3) is 0 Å². The normalized spacial score (nSPS) is 9.00. The summed E-state index contributed by atoms with van der Waals surface area (Å²) < 4.78 is 14.6. The van der Waals surface area contributed by atoms with Gasteiger partial charge in [-0.15, -0.1) is 0 Å². The smallest absolute Gasteiger partial charge is 0.0701 e. The van der Waals surface area contributed by atoms with Crippen LogP contribution in [0.2, 0.25) is 0 Å². The zero-order valence-corrected chi connectivity index (χ0v) is 10.3. The number of rotatable bonds is 6. The summed E-state index contributed by atoms with van der Waals surface area (Å²) in [6.07, 6.45) is 0. The molecule has 0 aliphatic carbocycles. The van der Waals surface area contributed by atoms with Crippen LogP contribution in [0.5, 0.6) is 0 Å². The number of hydrogen-bond acceptors (Lipinski definition) is 3. The van der Waals surface area contributed by atoms with E-state index in [9.17, 15) is 0 Å². The van der Waals surface area contributed by atoms with E-state index >= 15 is 0 Å². The Morgan fingerprint density at radius 3 is 1.50 bits per heavy atom. The van der Waals surface area contributed by atoms with Crippen molar-refractivity contribution in [1.29, 1.82) is 0 Å². The first-order valence-corrected chi connectivity index (χ1v) is 2.97. The minimum atomic E-state index is 0. The third kappa shape index (κ3) is 12.0. The molecule has 0 aromatic carbocycles. The molecule has 0 atom stereocenters. The molecular weight excluding hydrogens is 261 g/mol. The van der Waals surface area contributed by atoms with Gasteiger partial charge in [0.05, 0.1) is 26.4 Å². The molecule has 0 aliphatic rings. The van der Waals surface area contributed by atoms with E-state index in [1.807, 2.05) is 0 Å². The van der Waals surface area contributed by atoms with Gasteiger partial charge in [0.1, 0.15) is 0 Å². The van der Waals surface area contributed by atoms with Crippen LogP contribution in [0.3, 0.4) is 0 Å². The summed E-state index contributed by atoms with van der Waals surface area (Å²) in [5, 5.41) is 0. The van der Waals surface area contributed by atoms with Gasteiger partial charge in [-0.3, -0.25) is 0 Å². The third-order valence-corrected chi connectivity index (χ3v) is 0.864. The van der Waals surface area contributed by atoms with Crippen molar-refractivity contribution in [3.05, 3.63) is 0 Å². The van der Waals surface area contributed by atoms with Gasteiger partial charge in [0, 0.05) is 55.5 Å². The standard InChI is InChI=1S/C6H14O3.Pr/c1-7-3-5-9-6-4-8-2;/h3-6H2,1-2H3;. The van der Waals surface area contributed by atoms with Crippen molar-refractivity contribution in [3.63, 3.8) is 0 Å². The molecule has 0 unspecified atom stereocenters. The van der Waals surface area contributed by atoms with Crippen molar-refractivity contribution < 1.29 is 55.5 Å². The molecule has 0 heterocycles. The van der Waals surface area contributed by atoms with Crippen LogP contribution < -0.4 is 0 Å². The minimum absolute atomic E-state index is 0. The van der Waals surface area contributed by atoms with Crippen LogP contribution in [0.15, 0.2) is 0 Å². The molecule has 1 radical (unpaired) electrons. The van der Waals surface area contributed by atoms with Crippen molar-refractivity contribution in [1.82, 2.24) is 0 Å². The molecule has 0 aromatic rings. The molecule has 0 amide bonds. The molecule has 0 aliphatic heterocycles. The van der Waals surface area contributed by atoms with Crippen LogP contribution in [-0.2, 0) is 14.2 Å². The largest absolute Gasteiger partial charge is 0.382 e. The van der Waals surface area contributed by atoms with Crippen LogP contribution in [0, 0.1) is 41.3 Å². The average Bonchev–Trinajstić information content (AvgIpc) is 1.89. The SMILES string of the molecule is COCCOCCOC.[Pr]. The zero-order chi connectivity index (χ0) is 6.95. The fourth-order valence-electron chi connectivity index (χ4n) is 0.387. The first-order chi connectivity index (χ1) is 4.41. The van der Waals surface area contributed by atoms with Crippen LogP contribution in [0.1, 0.15) is 0 Å². The summed E-state index contributed by atoms with van der Waals surface area (Å²) in [6, 6.07) is 0. The van der Waals surface area contributed by atoms with Gasteiger partial charge in [0.15, 0.2) is 0 Å². The summed E-state index contributed by atoms with van der Waals surface area (Å²) in [6.45, 7) is 2.62. The molecule has 0 saturated carbocycles. The Labute approximate surface area is 95.4 Å². The van der Waals surface area contributed by atoms with Crippen molar-refractivity contribution in [2.45, 2.75) is 0 Å². The van der Waals surface area contributed by atoms with Crippen LogP contribution in [0.4, 0.5) is 0 Å². The number of hydrogen-bond donors (Lipinski definition) is 0. The summed E-state index contributed by atoms with van der Waals surface area (Å²) in [5.41, 5.74) is 0. The predicted molar refractivity (Wildman–Crippen MR) is 34.6 cm³/mol. The molecule has 0 fully saturated rings. The third-order valence-electron chi connectivity index (χ3n) is 0.864. The predicted octanol–water partition coefficient (Wildman–Crippen LogP) is 0.296. The number of ether oxygens (including phenoxy) is 3.